The van der Waals surface area contributed by atoms with Gasteiger partial charge < -0.3 is 15.4 Å². The summed E-state index contributed by atoms with van der Waals surface area (Å²) in [6.07, 6.45) is 0. The Morgan fingerprint density at radius 2 is 1.55 bits per heavy atom. The molecule has 3 aromatic rings. The van der Waals surface area contributed by atoms with Crippen LogP contribution in [0.4, 0.5) is 11.4 Å². The average Bonchev–Trinajstić information content (AvgIpc) is 2.80. The second-order valence-corrected chi connectivity index (χ2v) is 10.0. The van der Waals surface area contributed by atoms with Gasteiger partial charge in [0.15, 0.2) is 0 Å². The van der Waals surface area contributed by atoms with E-state index < -0.39 is 15.3 Å². The molecule has 0 aliphatic rings. The summed E-state index contributed by atoms with van der Waals surface area (Å²) in [5.74, 6) is 0.108. The van der Waals surface area contributed by atoms with Gasteiger partial charge in [0.2, 0.25) is 15.9 Å². The number of carbonyl (C=O) groups excluding carboxylic acids is 2. The SMILES string of the molecule is COc1cccc(C(=O)Nc2ccc(SC(C)C(=O)Nc3ccc(S(N)(=O)=O)cc3)cc2)c1. The number of benzene rings is 3. The number of anilines is 2. The summed E-state index contributed by atoms with van der Waals surface area (Å²) in [5.41, 5.74) is 1.57. The summed E-state index contributed by atoms with van der Waals surface area (Å²) in [4.78, 5) is 25.7. The zero-order chi connectivity index (χ0) is 24.0. The first-order chi connectivity index (χ1) is 15.7. The second-order valence-electron chi connectivity index (χ2n) is 7.03. The molecule has 4 N–H and O–H groups in total. The second kappa shape index (κ2) is 10.5. The van der Waals surface area contributed by atoms with Gasteiger partial charge in [-0.1, -0.05) is 6.07 Å². The highest BCUT2D eigenvalue weighted by Crippen LogP contribution is 2.26. The lowest BCUT2D eigenvalue weighted by molar-refractivity contribution is -0.115. The summed E-state index contributed by atoms with van der Waals surface area (Å²) >= 11 is 1.35. The number of hydrogen-bond donors (Lipinski definition) is 3. The molecule has 0 heterocycles. The van der Waals surface area contributed by atoms with Gasteiger partial charge in [-0.3, -0.25) is 9.59 Å². The van der Waals surface area contributed by atoms with E-state index in [-0.39, 0.29) is 16.7 Å². The fraction of sp³-hybridized carbons (Fsp3) is 0.130. The highest BCUT2D eigenvalue weighted by Gasteiger charge is 2.16. The number of hydrogen-bond acceptors (Lipinski definition) is 6. The Labute approximate surface area is 196 Å². The lowest BCUT2D eigenvalue weighted by Gasteiger charge is -2.13. The monoisotopic (exact) mass is 485 g/mol. The molecule has 3 aromatic carbocycles. The number of primary sulfonamides is 1. The van der Waals surface area contributed by atoms with Crippen LogP contribution in [-0.2, 0) is 14.8 Å². The van der Waals surface area contributed by atoms with Crippen LogP contribution in [-0.4, -0.2) is 32.6 Å². The molecule has 0 aromatic heterocycles. The molecule has 0 radical (unpaired) electrons. The normalized spacial score (nSPS) is 12.0. The molecule has 2 amide bonds. The molecule has 172 valence electrons. The van der Waals surface area contributed by atoms with Crippen molar-refractivity contribution in [2.75, 3.05) is 17.7 Å². The van der Waals surface area contributed by atoms with Gasteiger partial charge in [0, 0.05) is 21.8 Å². The van der Waals surface area contributed by atoms with E-state index in [1.54, 1.807) is 50.4 Å². The van der Waals surface area contributed by atoms with Gasteiger partial charge in [0.05, 0.1) is 17.3 Å². The molecular weight excluding hydrogens is 462 g/mol. The first kappa shape index (κ1) is 24.3. The number of methoxy groups -OCH3 is 1. The van der Waals surface area contributed by atoms with Crippen molar-refractivity contribution in [1.29, 1.82) is 0 Å². The van der Waals surface area contributed by atoms with Crippen molar-refractivity contribution in [1.82, 2.24) is 0 Å². The van der Waals surface area contributed by atoms with Gasteiger partial charge in [0.1, 0.15) is 5.75 Å². The molecule has 3 rings (SSSR count). The molecule has 0 spiro atoms. The quantitative estimate of drug-likeness (QED) is 0.417. The molecular formula is C23H23N3O5S2. The Kier molecular flexibility index (Phi) is 7.75. The minimum absolute atomic E-state index is 0.0264. The number of rotatable bonds is 8. The van der Waals surface area contributed by atoms with Gasteiger partial charge in [0.25, 0.3) is 5.91 Å². The number of thioether (sulfide) groups is 1. The third-order valence-corrected chi connectivity index (χ3v) is 6.62. The highest BCUT2D eigenvalue weighted by molar-refractivity contribution is 8.00. The van der Waals surface area contributed by atoms with Gasteiger partial charge in [-0.25, -0.2) is 13.6 Å². The van der Waals surface area contributed by atoms with E-state index in [2.05, 4.69) is 10.6 Å². The topological polar surface area (TPSA) is 128 Å². The molecule has 1 unspecified atom stereocenters. The molecule has 0 saturated heterocycles. The number of ether oxygens (including phenoxy) is 1. The third-order valence-electron chi connectivity index (χ3n) is 4.58. The van der Waals surface area contributed by atoms with Crippen molar-refractivity contribution < 1.29 is 22.7 Å². The van der Waals surface area contributed by atoms with Crippen molar-refractivity contribution in [2.24, 2.45) is 5.14 Å². The Hall–Kier alpha value is -3.34. The minimum Gasteiger partial charge on any atom is -0.497 e. The van der Waals surface area contributed by atoms with E-state index in [1.165, 1.54) is 36.0 Å². The molecule has 0 aliphatic heterocycles. The number of carbonyl (C=O) groups is 2. The molecule has 0 bridgehead atoms. The first-order valence-corrected chi connectivity index (χ1v) is 12.2. The fourth-order valence-electron chi connectivity index (χ4n) is 2.81. The van der Waals surface area contributed by atoms with Crippen LogP contribution in [0.3, 0.4) is 0 Å². The van der Waals surface area contributed by atoms with Crippen molar-refractivity contribution in [3.05, 3.63) is 78.4 Å². The molecule has 33 heavy (non-hydrogen) atoms. The van der Waals surface area contributed by atoms with Gasteiger partial charge in [-0.15, -0.1) is 11.8 Å². The zero-order valence-electron chi connectivity index (χ0n) is 17.9. The van der Waals surface area contributed by atoms with Crippen molar-refractivity contribution in [2.45, 2.75) is 22.0 Å². The Balaban J connectivity index is 1.56. The molecule has 0 saturated carbocycles. The van der Waals surface area contributed by atoms with Crippen LogP contribution in [0, 0.1) is 0 Å². The predicted molar refractivity (Wildman–Crippen MR) is 129 cm³/mol. The number of amides is 2. The van der Waals surface area contributed by atoms with E-state index in [0.29, 0.717) is 22.7 Å². The Morgan fingerprint density at radius 1 is 0.939 bits per heavy atom. The van der Waals surface area contributed by atoms with E-state index in [4.69, 9.17) is 9.88 Å². The van der Waals surface area contributed by atoms with E-state index in [9.17, 15) is 18.0 Å². The molecule has 0 fully saturated rings. The number of nitrogens with two attached hydrogens (primary N) is 1. The lowest BCUT2D eigenvalue weighted by Crippen LogP contribution is -2.22. The van der Waals surface area contributed by atoms with Crippen LogP contribution >= 0.6 is 11.8 Å². The summed E-state index contributed by atoms with van der Waals surface area (Å²) in [6, 6.07) is 19.6. The molecule has 1 atom stereocenters. The maximum absolute atomic E-state index is 12.5. The van der Waals surface area contributed by atoms with E-state index in [0.717, 1.165) is 4.90 Å². The summed E-state index contributed by atoms with van der Waals surface area (Å²) < 4.78 is 27.8. The summed E-state index contributed by atoms with van der Waals surface area (Å²) in [5, 5.41) is 10.2. The predicted octanol–water partition coefficient (Wildman–Crippen LogP) is 3.71. The summed E-state index contributed by atoms with van der Waals surface area (Å²) in [6.45, 7) is 1.76. The maximum atomic E-state index is 12.5. The van der Waals surface area contributed by atoms with Gasteiger partial charge in [-0.2, -0.15) is 0 Å². The van der Waals surface area contributed by atoms with Crippen LogP contribution in [0.25, 0.3) is 0 Å². The van der Waals surface area contributed by atoms with Gasteiger partial charge >= 0.3 is 0 Å². The number of sulfonamides is 1. The smallest absolute Gasteiger partial charge is 0.255 e. The fourth-order valence-corrected chi connectivity index (χ4v) is 4.20. The van der Waals surface area contributed by atoms with Crippen molar-refractivity contribution in [3.8, 4) is 5.75 Å². The molecule has 10 heteroatoms. The molecule has 8 nitrogen and oxygen atoms in total. The van der Waals surface area contributed by atoms with Crippen LogP contribution in [0.5, 0.6) is 5.75 Å². The standard InChI is InChI=1S/C23H23N3O5S2/c1-15(22(27)25-18-8-12-21(13-9-18)33(24,29)30)32-20-10-6-17(7-11-20)26-23(28)16-4-3-5-19(14-16)31-2/h3-15H,1-2H3,(H,25,27)(H,26,28)(H2,24,29,30). The zero-order valence-corrected chi connectivity index (χ0v) is 19.6. The van der Waals surface area contributed by atoms with Crippen LogP contribution in [0.2, 0.25) is 0 Å². The minimum atomic E-state index is -3.78. The van der Waals surface area contributed by atoms with Crippen molar-refractivity contribution in [3.63, 3.8) is 0 Å². The van der Waals surface area contributed by atoms with Crippen LogP contribution < -0.4 is 20.5 Å². The highest BCUT2D eigenvalue weighted by atomic mass is 32.2. The third kappa shape index (κ3) is 6.82. The molecule has 0 aliphatic carbocycles. The van der Waals surface area contributed by atoms with Crippen LogP contribution in [0.15, 0.2) is 82.6 Å². The largest absolute Gasteiger partial charge is 0.497 e. The Morgan fingerprint density at radius 3 is 2.15 bits per heavy atom. The lowest BCUT2D eigenvalue weighted by atomic mass is 10.2. The van der Waals surface area contributed by atoms with E-state index in [1.807, 2.05) is 12.1 Å². The van der Waals surface area contributed by atoms with Crippen molar-refractivity contribution >= 4 is 45.0 Å². The summed E-state index contributed by atoms with van der Waals surface area (Å²) in [7, 11) is -2.24. The number of nitrogens with one attached hydrogen (secondary N) is 2. The van der Waals surface area contributed by atoms with E-state index >= 15 is 0 Å². The van der Waals surface area contributed by atoms with Crippen LogP contribution in [0.1, 0.15) is 17.3 Å². The van der Waals surface area contributed by atoms with Gasteiger partial charge in [-0.05, 0) is 73.7 Å². The maximum Gasteiger partial charge on any atom is 0.255 e. The first-order valence-electron chi connectivity index (χ1n) is 9.81. The Bertz CT molecular complexity index is 1240. The average molecular weight is 486 g/mol.